The highest BCUT2D eigenvalue weighted by atomic mass is 19.3. The van der Waals surface area contributed by atoms with Crippen LogP contribution >= 0.6 is 0 Å². The van der Waals surface area contributed by atoms with Crippen LogP contribution in [0.4, 0.5) is 18.9 Å². The average Bonchev–Trinajstić information content (AvgIpc) is 2.56. The van der Waals surface area contributed by atoms with E-state index in [4.69, 9.17) is 4.74 Å². The van der Waals surface area contributed by atoms with Crippen LogP contribution in [0.2, 0.25) is 0 Å². The monoisotopic (exact) mass is 385 g/mol. The largest absolute Gasteiger partial charge is 0.459 e. The van der Waals surface area contributed by atoms with E-state index in [-0.39, 0.29) is 6.42 Å². The van der Waals surface area contributed by atoms with E-state index >= 15 is 0 Å². The quantitative estimate of drug-likeness (QED) is 0.722. The molecule has 0 radical (unpaired) electrons. The molecule has 0 spiro atoms. The molecule has 3 unspecified atom stereocenters. The van der Waals surface area contributed by atoms with Crippen molar-refractivity contribution in [2.45, 2.75) is 64.7 Å². The van der Waals surface area contributed by atoms with Crippen molar-refractivity contribution in [3.8, 4) is 0 Å². The fourth-order valence-electron chi connectivity index (χ4n) is 3.39. The first kappa shape index (κ1) is 21.3. The van der Waals surface area contributed by atoms with Gasteiger partial charge < -0.3 is 10.1 Å². The highest BCUT2D eigenvalue weighted by Crippen LogP contribution is 2.40. The fourth-order valence-corrected chi connectivity index (χ4v) is 3.39. The molecule has 1 fully saturated rings. The van der Waals surface area contributed by atoms with Crippen LogP contribution in [-0.4, -0.2) is 30.1 Å². The number of hydrogen-bond donors (Lipinski definition) is 1. The molecule has 0 aromatic heterocycles. The summed E-state index contributed by atoms with van der Waals surface area (Å²) in [5.41, 5.74) is 0.583. The molecule has 1 aromatic carbocycles. The number of halogens is 3. The second kappa shape index (κ2) is 8.31. The third-order valence-electron chi connectivity index (χ3n) is 4.84. The van der Waals surface area contributed by atoms with Crippen LogP contribution in [0.15, 0.2) is 24.3 Å². The molecule has 1 aliphatic rings. The summed E-state index contributed by atoms with van der Waals surface area (Å²) in [6, 6.07) is 7.19. The molecule has 2 rings (SSSR count). The molecule has 1 N–H and O–H groups in total. The van der Waals surface area contributed by atoms with E-state index in [9.17, 15) is 22.8 Å². The van der Waals surface area contributed by atoms with Crippen molar-refractivity contribution in [2.24, 2.45) is 11.8 Å². The number of cyclic esters (lactones) is 1. The normalized spacial score (nSPS) is 23.2. The zero-order valence-corrected chi connectivity index (χ0v) is 16.0. The van der Waals surface area contributed by atoms with E-state index < -0.39 is 48.3 Å². The smallest absolute Gasteiger partial charge is 0.310 e. The molecule has 1 saturated heterocycles. The number of amides is 1. The standard InChI is InChI=1S/C20H26F3NO3/c1-11(2)12-5-7-13(8-6-12)24-16(25)9-14-15(17(21)18(22)23)10-20(3,4)27-19(14)26/h5-8,11,14-15,17-18H,9-10H2,1-4H3,(H,24,25). The number of nitrogens with one attached hydrogen (secondary N) is 1. The molecule has 1 aliphatic heterocycles. The van der Waals surface area contributed by atoms with Gasteiger partial charge in [0.15, 0.2) is 6.17 Å². The second-order valence-corrected chi connectivity index (χ2v) is 7.96. The van der Waals surface area contributed by atoms with Crippen molar-refractivity contribution in [2.75, 3.05) is 5.32 Å². The summed E-state index contributed by atoms with van der Waals surface area (Å²) in [7, 11) is 0. The van der Waals surface area contributed by atoms with Gasteiger partial charge in [0.2, 0.25) is 5.91 Å². The summed E-state index contributed by atoms with van der Waals surface area (Å²) in [6.07, 6.45) is -6.17. The van der Waals surface area contributed by atoms with Crippen molar-refractivity contribution in [1.29, 1.82) is 0 Å². The summed E-state index contributed by atoms with van der Waals surface area (Å²) in [5, 5.41) is 2.63. The molecule has 0 saturated carbocycles. The van der Waals surface area contributed by atoms with E-state index in [1.54, 1.807) is 26.0 Å². The zero-order chi connectivity index (χ0) is 20.4. The molecule has 3 atom stereocenters. The second-order valence-electron chi connectivity index (χ2n) is 7.96. The van der Waals surface area contributed by atoms with Crippen LogP contribution in [0.3, 0.4) is 0 Å². The number of ether oxygens (including phenoxy) is 1. The highest BCUT2D eigenvalue weighted by Gasteiger charge is 2.48. The number of carbonyl (C=O) groups is 2. The number of rotatable bonds is 6. The van der Waals surface area contributed by atoms with Crippen LogP contribution in [0.25, 0.3) is 0 Å². The van der Waals surface area contributed by atoms with Crippen molar-refractivity contribution in [3.05, 3.63) is 29.8 Å². The van der Waals surface area contributed by atoms with Gasteiger partial charge in [-0.15, -0.1) is 0 Å². The lowest BCUT2D eigenvalue weighted by atomic mass is 9.76. The Bertz CT molecular complexity index is 674. The molecule has 1 amide bonds. The summed E-state index contributed by atoms with van der Waals surface area (Å²) in [5.74, 6) is -3.52. The third kappa shape index (κ3) is 5.47. The van der Waals surface area contributed by atoms with Gasteiger partial charge in [0.1, 0.15) is 5.60 Å². The number of hydrogen-bond acceptors (Lipinski definition) is 3. The molecule has 7 heteroatoms. The van der Waals surface area contributed by atoms with Crippen molar-refractivity contribution < 1.29 is 27.5 Å². The molecule has 0 aliphatic carbocycles. The SMILES string of the molecule is CC(C)c1ccc(NC(=O)CC2C(=O)OC(C)(C)CC2C(F)C(F)F)cc1. The predicted molar refractivity (Wildman–Crippen MR) is 96.4 cm³/mol. The van der Waals surface area contributed by atoms with Gasteiger partial charge >= 0.3 is 5.97 Å². The Morgan fingerprint density at radius 1 is 1.22 bits per heavy atom. The Morgan fingerprint density at radius 3 is 2.33 bits per heavy atom. The van der Waals surface area contributed by atoms with E-state index in [1.165, 1.54) is 0 Å². The summed E-state index contributed by atoms with van der Waals surface area (Å²) < 4.78 is 45.1. The van der Waals surface area contributed by atoms with E-state index in [2.05, 4.69) is 5.32 Å². The average molecular weight is 385 g/mol. The highest BCUT2D eigenvalue weighted by molar-refractivity contribution is 5.93. The lowest BCUT2D eigenvalue weighted by Crippen LogP contribution is -2.49. The van der Waals surface area contributed by atoms with Crippen LogP contribution in [0.1, 0.15) is 52.0 Å². The van der Waals surface area contributed by atoms with Gasteiger partial charge in [-0.05, 0) is 43.9 Å². The maximum Gasteiger partial charge on any atom is 0.310 e. The minimum Gasteiger partial charge on any atom is -0.459 e. The zero-order valence-electron chi connectivity index (χ0n) is 16.0. The van der Waals surface area contributed by atoms with Gasteiger partial charge in [0, 0.05) is 18.0 Å². The first-order valence-electron chi connectivity index (χ1n) is 9.05. The summed E-state index contributed by atoms with van der Waals surface area (Å²) in [6.45, 7) is 7.17. The topological polar surface area (TPSA) is 55.4 Å². The number of benzene rings is 1. The number of esters is 1. The molecular formula is C20H26F3NO3. The minimum atomic E-state index is -3.22. The van der Waals surface area contributed by atoms with Crippen molar-refractivity contribution >= 4 is 17.6 Å². The van der Waals surface area contributed by atoms with Gasteiger partial charge in [-0.25, -0.2) is 13.2 Å². The Kier molecular flexibility index (Phi) is 6.54. The molecular weight excluding hydrogens is 359 g/mol. The predicted octanol–water partition coefficient (Wildman–Crippen LogP) is 4.70. The maximum absolute atomic E-state index is 14.1. The molecule has 27 heavy (non-hydrogen) atoms. The number of anilines is 1. The first-order valence-corrected chi connectivity index (χ1v) is 9.05. The Labute approximate surface area is 157 Å². The lowest BCUT2D eigenvalue weighted by Gasteiger charge is -2.40. The van der Waals surface area contributed by atoms with Crippen molar-refractivity contribution in [3.63, 3.8) is 0 Å². The minimum absolute atomic E-state index is 0.0642. The summed E-state index contributed by atoms with van der Waals surface area (Å²) >= 11 is 0. The molecule has 150 valence electrons. The Balaban J connectivity index is 2.09. The van der Waals surface area contributed by atoms with E-state index in [1.807, 2.05) is 26.0 Å². The van der Waals surface area contributed by atoms with Gasteiger partial charge in [-0.2, -0.15) is 0 Å². The van der Waals surface area contributed by atoms with Crippen LogP contribution in [0.5, 0.6) is 0 Å². The van der Waals surface area contributed by atoms with Crippen LogP contribution in [0, 0.1) is 11.8 Å². The van der Waals surface area contributed by atoms with E-state index in [0.29, 0.717) is 11.6 Å². The van der Waals surface area contributed by atoms with Gasteiger partial charge in [-0.3, -0.25) is 9.59 Å². The fraction of sp³-hybridized carbons (Fsp3) is 0.600. The number of carbonyl (C=O) groups excluding carboxylic acids is 2. The molecule has 1 heterocycles. The van der Waals surface area contributed by atoms with Crippen LogP contribution < -0.4 is 5.32 Å². The number of alkyl halides is 3. The maximum atomic E-state index is 14.1. The lowest BCUT2D eigenvalue weighted by molar-refractivity contribution is -0.183. The Morgan fingerprint density at radius 2 is 1.81 bits per heavy atom. The molecule has 0 bridgehead atoms. The van der Waals surface area contributed by atoms with Gasteiger partial charge in [0.05, 0.1) is 5.92 Å². The van der Waals surface area contributed by atoms with Gasteiger partial charge in [-0.1, -0.05) is 26.0 Å². The molecule has 4 nitrogen and oxygen atoms in total. The first-order chi connectivity index (χ1) is 12.5. The van der Waals surface area contributed by atoms with Crippen LogP contribution in [-0.2, 0) is 14.3 Å². The van der Waals surface area contributed by atoms with E-state index in [0.717, 1.165) is 5.56 Å². The Hall–Kier alpha value is -2.05. The van der Waals surface area contributed by atoms with Gasteiger partial charge in [0.25, 0.3) is 6.43 Å². The molecule has 1 aromatic rings. The van der Waals surface area contributed by atoms with Crippen molar-refractivity contribution in [1.82, 2.24) is 0 Å². The summed E-state index contributed by atoms with van der Waals surface area (Å²) in [4.78, 5) is 24.6. The third-order valence-corrected chi connectivity index (χ3v) is 4.84.